The summed E-state index contributed by atoms with van der Waals surface area (Å²) in [6, 6.07) is 2.68. The van der Waals surface area contributed by atoms with Gasteiger partial charge < -0.3 is 14.4 Å². The fraction of sp³-hybridized carbons (Fsp3) is 0.733. The summed E-state index contributed by atoms with van der Waals surface area (Å²) in [5.74, 6) is 0. The molecule has 0 aromatic carbocycles. The van der Waals surface area contributed by atoms with Gasteiger partial charge in [0, 0.05) is 30.6 Å². The third-order valence-corrected chi connectivity index (χ3v) is 4.61. The average Bonchev–Trinajstić information content (AvgIpc) is 2.59. The minimum absolute atomic E-state index is 0.201. The Bertz CT molecular complexity index is 443. The molecule has 100 valence electrons. The Morgan fingerprint density at radius 2 is 2.11 bits per heavy atom. The van der Waals surface area contributed by atoms with Crippen LogP contribution >= 0.6 is 0 Å². The standard InChI is InChI=1S/C15H23NO2/c1-15(2)8-13-12(14(17)9-15)4-5-16(13)10-6-11(7-10)18-3/h4-5,10-11,14,17H,6-9H2,1-3H3. The number of aliphatic hydroxyl groups is 1. The van der Waals surface area contributed by atoms with Crippen molar-refractivity contribution in [1.82, 2.24) is 4.57 Å². The molecular formula is C15H23NO2. The van der Waals surface area contributed by atoms with E-state index in [9.17, 15) is 5.11 Å². The monoisotopic (exact) mass is 249 g/mol. The van der Waals surface area contributed by atoms with E-state index in [0.717, 1.165) is 31.2 Å². The van der Waals surface area contributed by atoms with Crippen LogP contribution in [-0.2, 0) is 11.2 Å². The van der Waals surface area contributed by atoms with Crippen molar-refractivity contribution in [2.24, 2.45) is 5.41 Å². The zero-order chi connectivity index (χ0) is 12.9. The smallest absolute Gasteiger partial charge is 0.0812 e. The van der Waals surface area contributed by atoms with E-state index >= 15 is 0 Å². The normalized spacial score (nSPS) is 33.9. The first-order valence-electron chi connectivity index (χ1n) is 6.90. The van der Waals surface area contributed by atoms with E-state index in [4.69, 9.17) is 4.74 Å². The summed E-state index contributed by atoms with van der Waals surface area (Å²) in [6.45, 7) is 4.49. The summed E-state index contributed by atoms with van der Waals surface area (Å²) < 4.78 is 7.74. The average molecular weight is 249 g/mol. The highest BCUT2D eigenvalue weighted by Gasteiger charge is 2.37. The lowest BCUT2D eigenvalue weighted by molar-refractivity contribution is 0.00431. The SMILES string of the molecule is COC1CC(n2ccc3c2CC(C)(C)CC3O)C1. The number of hydrogen-bond donors (Lipinski definition) is 1. The van der Waals surface area contributed by atoms with Gasteiger partial charge in [0.15, 0.2) is 0 Å². The molecule has 3 nitrogen and oxygen atoms in total. The lowest BCUT2D eigenvalue weighted by atomic mass is 9.75. The molecule has 0 bridgehead atoms. The second-order valence-corrected chi connectivity index (χ2v) is 6.67. The number of rotatable bonds is 2. The van der Waals surface area contributed by atoms with Crippen LogP contribution in [0.3, 0.4) is 0 Å². The van der Waals surface area contributed by atoms with E-state index in [2.05, 4.69) is 30.7 Å². The molecule has 1 heterocycles. The molecule has 18 heavy (non-hydrogen) atoms. The number of fused-ring (bicyclic) bond motifs is 1. The highest BCUT2D eigenvalue weighted by atomic mass is 16.5. The first-order chi connectivity index (χ1) is 8.50. The predicted octanol–water partition coefficient (Wildman–Crippen LogP) is 2.84. The van der Waals surface area contributed by atoms with Crippen LogP contribution in [0.5, 0.6) is 0 Å². The molecule has 1 atom stereocenters. The molecule has 2 aliphatic rings. The van der Waals surface area contributed by atoms with Crippen LogP contribution in [0.1, 0.15) is 56.5 Å². The highest BCUT2D eigenvalue weighted by molar-refractivity contribution is 5.30. The Labute approximate surface area is 109 Å². The quantitative estimate of drug-likeness (QED) is 0.874. The van der Waals surface area contributed by atoms with Crippen molar-refractivity contribution in [2.45, 2.75) is 57.8 Å². The van der Waals surface area contributed by atoms with Gasteiger partial charge in [-0.25, -0.2) is 0 Å². The molecule has 1 fully saturated rings. The van der Waals surface area contributed by atoms with E-state index in [0.29, 0.717) is 12.1 Å². The maximum absolute atomic E-state index is 10.2. The molecule has 0 spiro atoms. The minimum Gasteiger partial charge on any atom is -0.388 e. The van der Waals surface area contributed by atoms with Gasteiger partial charge in [0.2, 0.25) is 0 Å². The predicted molar refractivity (Wildman–Crippen MR) is 70.6 cm³/mol. The van der Waals surface area contributed by atoms with Gasteiger partial charge >= 0.3 is 0 Å². The Kier molecular flexibility index (Phi) is 2.79. The van der Waals surface area contributed by atoms with Crippen LogP contribution in [-0.4, -0.2) is 22.9 Å². The molecule has 1 saturated carbocycles. The maximum atomic E-state index is 10.2. The minimum atomic E-state index is -0.289. The van der Waals surface area contributed by atoms with Gasteiger partial charge in [-0.3, -0.25) is 0 Å². The number of ether oxygens (including phenoxy) is 1. The van der Waals surface area contributed by atoms with Crippen molar-refractivity contribution >= 4 is 0 Å². The largest absolute Gasteiger partial charge is 0.388 e. The second-order valence-electron chi connectivity index (χ2n) is 6.67. The lowest BCUT2D eigenvalue weighted by Gasteiger charge is -2.39. The molecule has 3 rings (SSSR count). The number of aliphatic hydroxyl groups excluding tert-OH is 1. The zero-order valence-electron chi connectivity index (χ0n) is 11.5. The van der Waals surface area contributed by atoms with Crippen molar-refractivity contribution in [3.8, 4) is 0 Å². The first kappa shape index (κ1) is 12.2. The fourth-order valence-electron chi connectivity index (χ4n) is 3.45. The number of aromatic nitrogens is 1. The van der Waals surface area contributed by atoms with E-state index in [1.165, 1.54) is 5.69 Å². The second kappa shape index (κ2) is 4.10. The number of methoxy groups -OCH3 is 1. The summed E-state index contributed by atoms with van der Waals surface area (Å²) in [4.78, 5) is 0. The van der Waals surface area contributed by atoms with Crippen molar-refractivity contribution in [3.63, 3.8) is 0 Å². The van der Waals surface area contributed by atoms with Gasteiger partial charge in [-0.1, -0.05) is 13.8 Å². The van der Waals surface area contributed by atoms with Crippen LogP contribution in [0.2, 0.25) is 0 Å². The molecular weight excluding hydrogens is 226 g/mol. The Hall–Kier alpha value is -0.800. The Morgan fingerprint density at radius 3 is 2.78 bits per heavy atom. The molecule has 3 heteroatoms. The lowest BCUT2D eigenvalue weighted by Crippen LogP contribution is -2.35. The van der Waals surface area contributed by atoms with E-state index in [-0.39, 0.29) is 11.5 Å². The van der Waals surface area contributed by atoms with Crippen molar-refractivity contribution < 1.29 is 9.84 Å². The molecule has 0 amide bonds. The van der Waals surface area contributed by atoms with E-state index in [1.54, 1.807) is 7.11 Å². The van der Waals surface area contributed by atoms with Gasteiger partial charge in [0.25, 0.3) is 0 Å². The molecule has 2 aliphatic carbocycles. The van der Waals surface area contributed by atoms with Gasteiger partial charge in [-0.05, 0) is 37.2 Å². The van der Waals surface area contributed by atoms with Crippen molar-refractivity contribution in [1.29, 1.82) is 0 Å². The van der Waals surface area contributed by atoms with Crippen LogP contribution < -0.4 is 0 Å². The van der Waals surface area contributed by atoms with Gasteiger partial charge in [0.1, 0.15) is 0 Å². The topological polar surface area (TPSA) is 34.4 Å². The molecule has 1 N–H and O–H groups in total. The molecule has 1 aromatic heterocycles. The van der Waals surface area contributed by atoms with Crippen molar-refractivity contribution in [3.05, 3.63) is 23.5 Å². The zero-order valence-corrected chi connectivity index (χ0v) is 11.5. The third kappa shape index (κ3) is 1.90. The summed E-state index contributed by atoms with van der Waals surface area (Å²) in [5.41, 5.74) is 2.70. The fourth-order valence-corrected chi connectivity index (χ4v) is 3.45. The van der Waals surface area contributed by atoms with Crippen LogP contribution in [0.4, 0.5) is 0 Å². The molecule has 1 unspecified atom stereocenters. The van der Waals surface area contributed by atoms with E-state index in [1.807, 2.05) is 0 Å². The molecule has 0 saturated heterocycles. The van der Waals surface area contributed by atoms with Crippen molar-refractivity contribution in [2.75, 3.05) is 7.11 Å². The summed E-state index contributed by atoms with van der Waals surface area (Å²) in [5, 5.41) is 10.2. The van der Waals surface area contributed by atoms with Crippen LogP contribution in [0, 0.1) is 5.41 Å². The maximum Gasteiger partial charge on any atom is 0.0812 e. The summed E-state index contributed by atoms with van der Waals surface area (Å²) in [6.07, 6.45) is 6.45. The molecule has 0 radical (unpaired) electrons. The molecule has 0 aliphatic heterocycles. The third-order valence-electron chi connectivity index (χ3n) is 4.61. The van der Waals surface area contributed by atoms with Gasteiger partial charge in [-0.2, -0.15) is 0 Å². The van der Waals surface area contributed by atoms with Gasteiger partial charge in [0.05, 0.1) is 12.2 Å². The van der Waals surface area contributed by atoms with Crippen LogP contribution in [0.15, 0.2) is 12.3 Å². The van der Waals surface area contributed by atoms with E-state index < -0.39 is 0 Å². The highest BCUT2D eigenvalue weighted by Crippen LogP contribution is 2.44. The first-order valence-corrected chi connectivity index (χ1v) is 6.90. The van der Waals surface area contributed by atoms with Crippen LogP contribution in [0.25, 0.3) is 0 Å². The molecule has 1 aromatic rings. The number of nitrogens with zero attached hydrogens (tertiary/aromatic N) is 1. The Morgan fingerprint density at radius 1 is 1.39 bits per heavy atom. The summed E-state index contributed by atoms with van der Waals surface area (Å²) in [7, 11) is 1.79. The summed E-state index contributed by atoms with van der Waals surface area (Å²) >= 11 is 0. The van der Waals surface area contributed by atoms with Gasteiger partial charge in [-0.15, -0.1) is 0 Å². The Balaban J connectivity index is 1.86. The number of hydrogen-bond acceptors (Lipinski definition) is 2.